The third kappa shape index (κ3) is 6.66. The lowest BCUT2D eigenvalue weighted by Crippen LogP contribution is -1.96. The maximum absolute atomic E-state index is 6.32. The van der Waals surface area contributed by atoms with E-state index in [1.54, 1.807) is 0 Å². The normalized spacial score (nSPS) is 13.3. The van der Waals surface area contributed by atoms with Crippen LogP contribution in [0.4, 0.5) is 0 Å². The van der Waals surface area contributed by atoms with Gasteiger partial charge in [0.25, 0.3) is 0 Å². The third-order valence-corrected chi connectivity index (χ3v) is 7.08. The van der Waals surface area contributed by atoms with Crippen molar-refractivity contribution in [1.82, 2.24) is 0 Å². The molecule has 0 N–H and O–H groups in total. The van der Waals surface area contributed by atoms with E-state index in [-0.39, 0.29) is 0 Å². The summed E-state index contributed by atoms with van der Waals surface area (Å²) in [5.74, 6) is 1.69. The van der Waals surface area contributed by atoms with Crippen LogP contribution < -0.4 is 0 Å². The van der Waals surface area contributed by atoms with Crippen molar-refractivity contribution in [3.63, 3.8) is 0 Å². The van der Waals surface area contributed by atoms with Gasteiger partial charge in [-0.3, -0.25) is 0 Å². The van der Waals surface area contributed by atoms with E-state index in [0.717, 1.165) is 34.6 Å². The molecule has 1 heterocycles. The lowest BCUT2D eigenvalue weighted by molar-refractivity contribution is 0.581. The molecule has 0 amide bonds. The Hall–Kier alpha value is -5.27. The maximum Gasteiger partial charge on any atom is 0.361 e. The number of allylic oxidation sites excluding steroid dienone is 9. The average Bonchev–Trinajstić information content (AvgIpc) is 3.06. The number of hydrogen-bond donors (Lipinski definition) is 0. The highest BCUT2D eigenvalue weighted by Crippen LogP contribution is 2.35. The number of benzene rings is 4. The van der Waals surface area contributed by atoms with Gasteiger partial charge in [-0.2, -0.15) is 0 Å². The fourth-order valence-electron chi connectivity index (χ4n) is 5.03. The fourth-order valence-corrected chi connectivity index (χ4v) is 5.03. The molecule has 6 rings (SSSR count). The Kier molecular flexibility index (Phi) is 8.06. The molecule has 1 heteroatoms. The highest BCUT2D eigenvalue weighted by atomic mass is 16.3. The Morgan fingerprint density at radius 2 is 0.902 bits per heavy atom. The van der Waals surface area contributed by atoms with E-state index in [1.807, 2.05) is 36.4 Å². The monoisotopic (exact) mass is 527 g/mol. The van der Waals surface area contributed by atoms with Gasteiger partial charge in [-0.15, -0.1) is 0 Å². The summed E-state index contributed by atoms with van der Waals surface area (Å²) in [6.45, 7) is 0. The standard InChI is InChI=1S/C40H31O/c1(6-16-31-26-37(33-18-8-2-9-19-33)30-38(27-31)34-20-10-3-11-21-34)7-17-32-28-39(35-22-12-4-13-23-35)41-40(29-32)36-24-14-5-15-25-36/h1-29H,30H2/q+1/b6-1+,17-7+. The van der Waals surface area contributed by atoms with E-state index in [2.05, 4.69) is 140 Å². The van der Waals surface area contributed by atoms with Crippen molar-refractivity contribution in [2.24, 2.45) is 0 Å². The summed E-state index contributed by atoms with van der Waals surface area (Å²) < 4.78 is 6.32. The minimum atomic E-state index is 0.845. The van der Waals surface area contributed by atoms with Gasteiger partial charge in [-0.25, -0.2) is 4.42 Å². The second-order valence-corrected chi connectivity index (χ2v) is 10.0. The molecule has 0 saturated carbocycles. The molecule has 4 aromatic carbocycles. The van der Waals surface area contributed by atoms with Crippen LogP contribution in [0.1, 0.15) is 23.1 Å². The molecule has 0 spiro atoms. The molecule has 41 heavy (non-hydrogen) atoms. The SMILES string of the molecule is C(/C=C/C=C/c1cc(-c2ccccc2)[o+]c(-c2ccccc2)c1)=C1C=C(c2ccccc2)CC(c2ccccc2)=C1. The Bertz CT molecular complexity index is 1640. The first-order chi connectivity index (χ1) is 20.3. The summed E-state index contributed by atoms with van der Waals surface area (Å²) >= 11 is 0. The Balaban J connectivity index is 1.28. The van der Waals surface area contributed by atoms with Crippen LogP contribution in [0.25, 0.3) is 39.9 Å². The Labute approximate surface area is 242 Å². The van der Waals surface area contributed by atoms with Gasteiger partial charge in [0.15, 0.2) is 0 Å². The second kappa shape index (κ2) is 12.7. The zero-order valence-corrected chi connectivity index (χ0v) is 22.9. The molecule has 0 bridgehead atoms. The van der Waals surface area contributed by atoms with Crippen LogP contribution in [0, 0.1) is 0 Å². The second-order valence-electron chi connectivity index (χ2n) is 10.0. The highest BCUT2D eigenvalue weighted by Gasteiger charge is 2.18. The maximum atomic E-state index is 6.32. The minimum Gasteiger partial charge on any atom is -0.207 e. The molecule has 0 unspecified atom stereocenters. The van der Waals surface area contributed by atoms with Crippen molar-refractivity contribution in [2.45, 2.75) is 6.42 Å². The quantitative estimate of drug-likeness (QED) is 0.151. The van der Waals surface area contributed by atoms with Crippen molar-refractivity contribution in [3.8, 4) is 22.6 Å². The molecule has 196 valence electrons. The van der Waals surface area contributed by atoms with Gasteiger partial charge in [0.2, 0.25) is 0 Å². The zero-order chi connectivity index (χ0) is 27.7. The summed E-state index contributed by atoms with van der Waals surface area (Å²) in [7, 11) is 0. The summed E-state index contributed by atoms with van der Waals surface area (Å²) in [5.41, 5.74) is 9.58. The average molecular weight is 528 g/mol. The molecule has 0 radical (unpaired) electrons. The minimum absolute atomic E-state index is 0.845. The van der Waals surface area contributed by atoms with Crippen LogP contribution in [-0.2, 0) is 0 Å². The fraction of sp³-hybridized carbons (Fsp3) is 0.0250. The lowest BCUT2D eigenvalue weighted by Gasteiger charge is -2.17. The summed E-state index contributed by atoms with van der Waals surface area (Å²) in [6, 6.07) is 46.0. The largest absolute Gasteiger partial charge is 0.361 e. The van der Waals surface area contributed by atoms with Crippen molar-refractivity contribution >= 4 is 17.2 Å². The van der Waals surface area contributed by atoms with Crippen LogP contribution in [0.3, 0.4) is 0 Å². The topological polar surface area (TPSA) is 11.3 Å². The first-order valence-electron chi connectivity index (χ1n) is 14.0. The molecular weight excluding hydrogens is 496 g/mol. The van der Waals surface area contributed by atoms with Gasteiger partial charge in [-0.1, -0.05) is 140 Å². The molecule has 0 atom stereocenters. The Morgan fingerprint density at radius 3 is 1.37 bits per heavy atom. The smallest absolute Gasteiger partial charge is 0.207 e. The van der Waals surface area contributed by atoms with Crippen molar-refractivity contribution in [3.05, 3.63) is 192 Å². The molecule has 1 aliphatic carbocycles. The van der Waals surface area contributed by atoms with E-state index in [4.69, 9.17) is 4.42 Å². The van der Waals surface area contributed by atoms with Crippen molar-refractivity contribution < 1.29 is 4.42 Å². The molecular formula is C40H31O+. The third-order valence-electron chi connectivity index (χ3n) is 7.08. The highest BCUT2D eigenvalue weighted by molar-refractivity contribution is 5.86. The molecule has 1 nitrogen and oxygen atoms in total. The predicted molar refractivity (Wildman–Crippen MR) is 174 cm³/mol. The van der Waals surface area contributed by atoms with Crippen molar-refractivity contribution in [1.29, 1.82) is 0 Å². The summed E-state index contributed by atoms with van der Waals surface area (Å²) in [6.07, 6.45) is 16.1. The zero-order valence-electron chi connectivity index (χ0n) is 22.9. The van der Waals surface area contributed by atoms with Crippen LogP contribution in [0.2, 0.25) is 0 Å². The van der Waals surface area contributed by atoms with Gasteiger partial charge in [-0.05, 0) is 64.1 Å². The molecule has 5 aromatic rings. The molecule has 0 saturated heterocycles. The van der Waals surface area contributed by atoms with Gasteiger partial charge >= 0.3 is 11.5 Å². The van der Waals surface area contributed by atoms with E-state index in [1.165, 1.54) is 27.8 Å². The van der Waals surface area contributed by atoms with Crippen LogP contribution >= 0.6 is 0 Å². The van der Waals surface area contributed by atoms with Crippen LogP contribution in [-0.4, -0.2) is 0 Å². The van der Waals surface area contributed by atoms with E-state index < -0.39 is 0 Å². The Morgan fingerprint density at radius 1 is 0.463 bits per heavy atom. The molecule has 1 aromatic heterocycles. The van der Waals surface area contributed by atoms with Gasteiger partial charge < -0.3 is 0 Å². The van der Waals surface area contributed by atoms with Crippen LogP contribution in [0.5, 0.6) is 0 Å². The lowest BCUT2D eigenvalue weighted by atomic mass is 9.87. The number of hydrogen-bond acceptors (Lipinski definition) is 0. The van der Waals surface area contributed by atoms with E-state index in [9.17, 15) is 0 Å². The van der Waals surface area contributed by atoms with Gasteiger partial charge in [0.05, 0.1) is 23.3 Å². The predicted octanol–water partition coefficient (Wildman–Crippen LogP) is 11.0. The van der Waals surface area contributed by atoms with E-state index >= 15 is 0 Å². The molecule has 0 fully saturated rings. The molecule has 1 aliphatic rings. The van der Waals surface area contributed by atoms with E-state index in [0.29, 0.717) is 0 Å². The number of rotatable bonds is 7. The molecule has 0 aliphatic heterocycles. The van der Waals surface area contributed by atoms with Crippen LogP contribution in [0.15, 0.2) is 180 Å². The van der Waals surface area contributed by atoms with Crippen molar-refractivity contribution in [2.75, 3.05) is 0 Å². The van der Waals surface area contributed by atoms with Gasteiger partial charge in [0.1, 0.15) is 0 Å². The van der Waals surface area contributed by atoms with Gasteiger partial charge in [0, 0.05) is 0 Å². The summed E-state index contributed by atoms with van der Waals surface area (Å²) in [5, 5.41) is 0. The first kappa shape index (κ1) is 26.0. The summed E-state index contributed by atoms with van der Waals surface area (Å²) in [4.78, 5) is 0. The first-order valence-corrected chi connectivity index (χ1v) is 14.0.